The minimum atomic E-state index is -2.63. The Bertz CT molecular complexity index is 1170. The zero-order chi connectivity index (χ0) is 27.3. The third-order valence-electron chi connectivity index (χ3n) is 8.01. The molecule has 0 aliphatic carbocycles. The van der Waals surface area contributed by atoms with Crippen molar-refractivity contribution in [1.82, 2.24) is 0 Å². The molecule has 0 amide bonds. The second-order valence-electron chi connectivity index (χ2n) is 11.8. The van der Waals surface area contributed by atoms with Gasteiger partial charge in [-0.25, -0.2) is 4.79 Å². The number of carbonyl (C=O) groups is 1. The van der Waals surface area contributed by atoms with Gasteiger partial charge in [0, 0.05) is 12.8 Å². The van der Waals surface area contributed by atoms with Crippen LogP contribution in [-0.4, -0.2) is 45.5 Å². The molecule has 2 fully saturated rings. The molecule has 39 heavy (non-hydrogen) atoms. The molecule has 2 saturated heterocycles. The first kappa shape index (κ1) is 27.8. The van der Waals surface area contributed by atoms with E-state index in [4.69, 9.17) is 18.6 Å². The summed E-state index contributed by atoms with van der Waals surface area (Å²) in [7, 11) is -2.63. The number of carbonyl (C=O) groups excluding carboxylic acids is 1. The first-order valence-electron chi connectivity index (χ1n) is 14.1. The smallest absolute Gasteiger partial charge is 0.338 e. The summed E-state index contributed by atoms with van der Waals surface area (Å²) in [5.41, 5.74) is 0.555. The van der Waals surface area contributed by atoms with Gasteiger partial charge in [-0.15, -0.1) is 0 Å². The molecule has 0 bridgehead atoms. The van der Waals surface area contributed by atoms with Crippen molar-refractivity contribution in [3.8, 4) is 0 Å². The van der Waals surface area contributed by atoms with Crippen LogP contribution in [0.3, 0.4) is 0 Å². The molecule has 5 nitrogen and oxygen atoms in total. The maximum atomic E-state index is 12.4. The topological polar surface area (TPSA) is 54.0 Å². The minimum absolute atomic E-state index is 0.0500. The molecule has 0 aromatic heterocycles. The van der Waals surface area contributed by atoms with Crippen LogP contribution in [-0.2, 0) is 18.6 Å². The van der Waals surface area contributed by atoms with Crippen molar-refractivity contribution in [1.29, 1.82) is 0 Å². The lowest BCUT2D eigenvalue weighted by Gasteiger charge is -2.45. The number of esters is 1. The highest BCUT2D eigenvalue weighted by Crippen LogP contribution is 2.42. The van der Waals surface area contributed by atoms with Gasteiger partial charge in [-0.2, -0.15) is 0 Å². The fraction of sp³-hybridized carbons (Fsp3) is 0.424. The predicted molar refractivity (Wildman–Crippen MR) is 156 cm³/mol. The summed E-state index contributed by atoms with van der Waals surface area (Å²) < 4.78 is 25.8. The summed E-state index contributed by atoms with van der Waals surface area (Å²) in [5, 5.41) is 2.46. The van der Waals surface area contributed by atoms with E-state index in [1.54, 1.807) is 12.1 Å². The number of hydrogen-bond acceptors (Lipinski definition) is 5. The standard InChI is InChI=1S/C33H40O5Si/c1-32(2,3)39(29-17-9-5-10-18-29,30-19-11-6-12-20-30)36-25-27-16-13-22-33(37-27)23-21-28(38-33)24-35-31(34)26-14-7-4-8-15-26/h4-12,14-15,17-20,27-28H,13,16,21-25H2,1-3H3/t27-,28+,33-/m0/s1. The maximum Gasteiger partial charge on any atom is 0.338 e. The molecule has 3 atom stereocenters. The third-order valence-corrected chi connectivity index (χ3v) is 13.0. The van der Waals surface area contributed by atoms with Crippen molar-refractivity contribution in [2.45, 2.75) is 75.9 Å². The average Bonchev–Trinajstić information content (AvgIpc) is 3.34. The Morgan fingerprint density at radius 2 is 1.33 bits per heavy atom. The highest BCUT2D eigenvalue weighted by molar-refractivity contribution is 6.99. The first-order chi connectivity index (χ1) is 18.8. The monoisotopic (exact) mass is 544 g/mol. The molecule has 2 aliphatic rings. The SMILES string of the molecule is CC(C)(C)[Si](OC[C@@H]1CCC[C@]2(CC[C@H](COC(=O)c3ccccc3)O2)O1)(c1ccccc1)c1ccccc1. The summed E-state index contributed by atoms with van der Waals surface area (Å²) in [5.74, 6) is -0.942. The van der Waals surface area contributed by atoms with Gasteiger partial charge in [0.25, 0.3) is 8.32 Å². The summed E-state index contributed by atoms with van der Waals surface area (Å²) in [6, 6.07) is 30.5. The lowest BCUT2D eigenvalue weighted by Crippen LogP contribution is -2.67. The number of rotatable bonds is 8. The van der Waals surface area contributed by atoms with Gasteiger partial charge in [0.2, 0.25) is 0 Å². The molecule has 0 saturated carbocycles. The van der Waals surface area contributed by atoms with Gasteiger partial charge < -0.3 is 18.6 Å². The van der Waals surface area contributed by atoms with Crippen LogP contribution < -0.4 is 10.4 Å². The van der Waals surface area contributed by atoms with E-state index in [0.717, 1.165) is 32.1 Å². The molecule has 0 radical (unpaired) electrons. The van der Waals surface area contributed by atoms with Gasteiger partial charge in [-0.1, -0.05) is 99.6 Å². The van der Waals surface area contributed by atoms with Crippen molar-refractivity contribution in [3.05, 3.63) is 96.6 Å². The molecule has 3 aromatic carbocycles. The summed E-state index contributed by atoms with van der Waals surface area (Å²) in [4.78, 5) is 12.4. The van der Waals surface area contributed by atoms with Gasteiger partial charge >= 0.3 is 5.97 Å². The molecule has 0 unspecified atom stereocenters. The van der Waals surface area contributed by atoms with Gasteiger partial charge in [0.05, 0.1) is 24.4 Å². The van der Waals surface area contributed by atoms with Crippen LogP contribution >= 0.6 is 0 Å². The Kier molecular flexibility index (Phi) is 8.38. The zero-order valence-electron chi connectivity index (χ0n) is 23.3. The molecule has 6 heteroatoms. The molecule has 3 aromatic rings. The number of ether oxygens (including phenoxy) is 3. The second kappa shape index (κ2) is 11.8. The van der Waals surface area contributed by atoms with E-state index in [0.29, 0.717) is 12.2 Å². The van der Waals surface area contributed by atoms with Gasteiger partial charge in [0.15, 0.2) is 5.79 Å². The largest absolute Gasteiger partial charge is 0.459 e. The minimum Gasteiger partial charge on any atom is -0.459 e. The van der Waals surface area contributed by atoms with Crippen LogP contribution in [0.25, 0.3) is 0 Å². The highest BCUT2D eigenvalue weighted by Gasteiger charge is 2.51. The first-order valence-corrected chi connectivity index (χ1v) is 16.0. The van der Waals surface area contributed by atoms with E-state index in [-0.39, 0.29) is 29.8 Å². The van der Waals surface area contributed by atoms with Crippen molar-refractivity contribution in [2.24, 2.45) is 0 Å². The Morgan fingerprint density at radius 1 is 0.795 bits per heavy atom. The molecule has 206 valence electrons. The number of benzene rings is 3. The summed E-state index contributed by atoms with van der Waals surface area (Å²) in [6.07, 6.45) is 4.22. The average molecular weight is 545 g/mol. The lowest BCUT2D eigenvalue weighted by molar-refractivity contribution is -0.276. The Morgan fingerprint density at radius 3 is 1.90 bits per heavy atom. The van der Waals surface area contributed by atoms with Crippen molar-refractivity contribution in [3.63, 3.8) is 0 Å². The van der Waals surface area contributed by atoms with Crippen LogP contribution in [0.5, 0.6) is 0 Å². The van der Waals surface area contributed by atoms with E-state index in [1.807, 2.05) is 18.2 Å². The van der Waals surface area contributed by atoms with Crippen LogP contribution in [0.1, 0.15) is 63.2 Å². The Balaban J connectivity index is 1.27. The molecule has 2 aliphatic heterocycles. The van der Waals surface area contributed by atoms with Gasteiger partial charge in [-0.3, -0.25) is 0 Å². The van der Waals surface area contributed by atoms with Gasteiger partial charge in [0.1, 0.15) is 6.61 Å². The second-order valence-corrected chi connectivity index (χ2v) is 16.1. The normalized spacial score (nSPS) is 23.6. The molecule has 0 N–H and O–H groups in total. The fourth-order valence-electron chi connectivity index (χ4n) is 6.13. The molecule has 5 rings (SSSR count). The predicted octanol–water partition coefficient (Wildman–Crippen LogP) is 5.86. The highest BCUT2D eigenvalue weighted by atomic mass is 28.4. The van der Waals surface area contributed by atoms with Crippen molar-refractivity contribution < 1.29 is 23.4 Å². The molecule has 2 heterocycles. The maximum absolute atomic E-state index is 12.4. The molecular formula is C33H40O5Si. The van der Waals surface area contributed by atoms with Crippen molar-refractivity contribution >= 4 is 24.7 Å². The van der Waals surface area contributed by atoms with E-state index in [1.165, 1.54) is 10.4 Å². The number of hydrogen-bond donors (Lipinski definition) is 0. The van der Waals surface area contributed by atoms with Crippen LogP contribution in [0, 0.1) is 0 Å². The van der Waals surface area contributed by atoms with Crippen molar-refractivity contribution in [2.75, 3.05) is 13.2 Å². The quantitative estimate of drug-likeness (QED) is 0.263. The Hall–Kier alpha value is -2.77. The van der Waals surface area contributed by atoms with Crippen LogP contribution in [0.4, 0.5) is 0 Å². The Labute approximate surface area is 233 Å². The van der Waals surface area contributed by atoms with E-state index >= 15 is 0 Å². The lowest BCUT2D eigenvalue weighted by atomic mass is 9.99. The third kappa shape index (κ3) is 6.04. The zero-order valence-corrected chi connectivity index (χ0v) is 24.3. The van der Waals surface area contributed by atoms with E-state index in [2.05, 4.69) is 81.4 Å². The van der Waals surface area contributed by atoms with E-state index in [9.17, 15) is 4.79 Å². The van der Waals surface area contributed by atoms with Gasteiger partial charge in [-0.05, 0) is 46.8 Å². The summed E-state index contributed by atoms with van der Waals surface area (Å²) >= 11 is 0. The summed E-state index contributed by atoms with van der Waals surface area (Å²) in [6.45, 7) is 7.64. The molecule has 1 spiro atoms. The van der Waals surface area contributed by atoms with Crippen LogP contribution in [0.15, 0.2) is 91.0 Å². The molecular weight excluding hydrogens is 504 g/mol. The van der Waals surface area contributed by atoms with E-state index < -0.39 is 14.1 Å². The van der Waals surface area contributed by atoms with Crippen LogP contribution in [0.2, 0.25) is 5.04 Å². The fourth-order valence-corrected chi connectivity index (χ4v) is 10.7.